The summed E-state index contributed by atoms with van der Waals surface area (Å²) in [5.74, 6) is 4.28. The van der Waals surface area contributed by atoms with E-state index in [4.69, 9.17) is 10.6 Å². The highest BCUT2D eigenvalue weighted by molar-refractivity contribution is 5.24. The molecular formula is C12H16F2N2O. The summed E-state index contributed by atoms with van der Waals surface area (Å²) in [5.41, 5.74) is 2.55. The minimum absolute atomic E-state index is 0.421. The third kappa shape index (κ3) is 2.46. The van der Waals surface area contributed by atoms with Crippen molar-refractivity contribution in [1.29, 1.82) is 0 Å². The average molecular weight is 242 g/mol. The molecule has 1 aromatic carbocycles. The van der Waals surface area contributed by atoms with Crippen molar-refractivity contribution in [3.05, 3.63) is 35.4 Å². The fourth-order valence-electron chi connectivity index (χ4n) is 2.40. The van der Waals surface area contributed by atoms with E-state index in [0.29, 0.717) is 12.2 Å². The molecule has 3 N–H and O–H groups in total. The van der Waals surface area contributed by atoms with E-state index in [2.05, 4.69) is 5.43 Å². The summed E-state index contributed by atoms with van der Waals surface area (Å²) in [6.45, 7) is 2.54. The second-order valence-corrected chi connectivity index (χ2v) is 4.57. The summed E-state index contributed by atoms with van der Waals surface area (Å²) in [5, 5.41) is 0. The summed E-state index contributed by atoms with van der Waals surface area (Å²) < 4.78 is 32.0. The largest absolute Gasteiger partial charge is 0.373 e. The molecule has 0 aromatic heterocycles. The Balaban J connectivity index is 2.34. The van der Waals surface area contributed by atoms with Crippen molar-refractivity contribution in [2.45, 2.75) is 31.4 Å². The Morgan fingerprint density at radius 1 is 1.35 bits per heavy atom. The van der Waals surface area contributed by atoms with Crippen molar-refractivity contribution in [2.24, 2.45) is 5.84 Å². The Labute approximate surface area is 98.9 Å². The van der Waals surface area contributed by atoms with Crippen molar-refractivity contribution in [3.63, 3.8) is 0 Å². The summed E-state index contributed by atoms with van der Waals surface area (Å²) >= 11 is 0. The Hall–Kier alpha value is -1.04. The van der Waals surface area contributed by atoms with E-state index in [-0.39, 0.29) is 0 Å². The van der Waals surface area contributed by atoms with Crippen LogP contribution < -0.4 is 11.3 Å². The summed E-state index contributed by atoms with van der Waals surface area (Å²) in [7, 11) is 0. The predicted octanol–water partition coefficient (Wildman–Crippen LogP) is 2.04. The molecule has 5 heteroatoms. The molecule has 17 heavy (non-hydrogen) atoms. The van der Waals surface area contributed by atoms with Crippen molar-refractivity contribution in [2.75, 3.05) is 6.61 Å². The molecule has 2 atom stereocenters. The smallest absolute Gasteiger partial charge is 0.126 e. The SMILES string of the molecule is CC1(C(NN)c2cc(F)cc(F)c2)CCCO1. The maximum atomic E-state index is 13.2. The van der Waals surface area contributed by atoms with Crippen LogP contribution >= 0.6 is 0 Å². The molecule has 1 saturated heterocycles. The second-order valence-electron chi connectivity index (χ2n) is 4.57. The van der Waals surface area contributed by atoms with E-state index in [9.17, 15) is 8.78 Å². The molecule has 1 aliphatic rings. The van der Waals surface area contributed by atoms with Gasteiger partial charge in [-0.2, -0.15) is 0 Å². The van der Waals surface area contributed by atoms with Crippen LogP contribution in [0.15, 0.2) is 18.2 Å². The number of nitrogens with two attached hydrogens (primary N) is 1. The number of hydrogen-bond acceptors (Lipinski definition) is 3. The van der Waals surface area contributed by atoms with Gasteiger partial charge in [-0.05, 0) is 37.5 Å². The van der Waals surface area contributed by atoms with Crippen LogP contribution in [0, 0.1) is 11.6 Å². The molecule has 0 saturated carbocycles. The maximum absolute atomic E-state index is 13.2. The number of halogens is 2. The van der Waals surface area contributed by atoms with Crippen molar-refractivity contribution < 1.29 is 13.5 Å². The zero-order valence-corrected chi connectivity index (χ0v) is 9.67. The molecule has 0 radical (unpaired) electrons. The summed E-state index contributed by atoms with van der Waals surface area (Å²) in [4.78, 5) is 0. The van der Waals surface area contributed by atoms with Gasteiger partial charge in [0.15, 0.2) is 0 Å². The lowest BCUT2D eigenvalue weighted by Gasteiger charge is -2.33. The van der Waals surface area contributed by atoms with Gasteiger partial charge in [-0.3, -0.25) is 11.3 Å². The number of nitrogens with one attached hydrogen (secondary N) is 1. The van der Waals surface area contributed by atoms with Gasteiger partial charge in [0, 0.05) is 12.7 Å². The van der Waals surface area contributed by atoms with E-state index < -0.39 is 23.3 Å². The first-order valence-electron chi connectivity index (χ1n) is 5.61. The normalized spacial score (nSPS) is 26.1. The Kier molecular flexibility index (Phi) is 3.42. The lowest BCUT2D eigenvalue weighted by molar-refractivity contribution is -0.0126. The topological polar surface area (TPSA) is 47.3 Å². The number of hydrogen-bond donors (Lipinski definition) is 2. The average Bonchev–Trinajstić information content (AvgIpc) is 2.65. The first-order valence-corrected chi connectivity index (χ1v) is 5.61. The standard InChI is InChI=1S/C12H16F2N2O/c1-12(3-2-4-17-12)11(16-15)8-5-9(13)7-10(14)6-8/h5-7,11,16H,2-4,15H2,1H3. The summed E-state index contributed by atoms with van der Waals surface area (Å²) in [6, 6.07) is 2.98. The van der Waals surface area contributed by atoms with Crippen LogP contribution in [0.3, 0.4) is 0 Å². The molecule has 1 fully saturated rings. The van der Waals surface area contributed by atoms with Crippen LogP contribution in [0.4, 0.5) is 8.78 Å². The first-order chi connectivity index (χ1) is 8.05. The van der Waals surface area contributed by atoms with Gasteiger partial charge in [-0.15, -0.1) is 0 Å². The maximum Gasteiger partial charge on any atom is 0.126 e. The van der Waals surface area contributed by atoms with Crippen LogP contribution in [-0.4, -0.2) is 12.2 Å². The zero-order chi connectivity index (χ0) is 12.5. The highest BCUT2D eigenvalue weighted by atomic mass is 19.1. The lowest BCUT2D eigenvalue weighted by atomic mass is 9.88. The molecular weight excluding hydrogens is 226 g/mol. The number of ether oxygens (including phenoxy) is 1. The molecule has 3 nitrogen and oxygen atoms in total. The van der Waals surface area contributed by atoms with E-state index in [1.165, 1.54) is 12.1 Å². The van der Waals surface area contributed by atoms with Crippen molar-refractivity contribution in [3.8, 4) is 0 Å². The molecule has 0 spiro atoms. The summed E-state index contributed by atoms with van der Waals surface area (Å²) in [6.07, 6.45) is 1.73. The van der Waals surface area contributed by atoms with Gasteiger partial charge in [-0.25, -0.2) is 8.78 Å². The minimum atomic E-state index is -0.609. The van der Waals surface area contributed by atoms with Gasteiger partial charge in [0.1, 0.15) is 11.6 Å². The van der Waals surface area contributed by atoms with Gasteiger partial charge in [0.05, 0.1) is 11.6 Å². The number of hydrazine groups is 1. The molecule has 0 aliphatic carbocycles. The van der Waals surface area contributed by atoms with Gasteiger partial charge in [-0.1, -0.05) is 0 Å². The molecule has 2 rings (SSSR count). The van der Waals surface area contributed by atoms with E-state index in [1.807, 2.05) is 6.92 Å². The van der Waals surface area contributed by atoms with Crippen LogP contribution in [-0.2, 0) is 4.74 Å². The second kappa shape index (κ2) is 4.68. The van der Waals surface area contributed by atoms with Crippen molar-refractivity contribution in [1.82, 2.24) is 5.43 Å². The monoisotopic (exact) mass is 242 g/mol. The van der Waals surface area contributed by atoms with Crippen LogP contribution in [0.25, 0.3) is 0 Å². The Bertz CT molecular complexity index is 385. The van der Waals surface area contributed by atoms with E-state index >= 15 is 0 Å². The van der Waals surface area contributed by atoms with Crippen molar-refractivity contribution >= 4 is 0 Å². The van der Waals surface area contributed by atoms with Gasteiger partial charge in [0.2, 0.25) is 0 Å². The third-order valence-corrected chi connectivity index (χ3v) is 3.24. The first kappa shape index (κ1) is 12.4. The quantitative estimate of drug-likeness (QED) is 0.630. The van der Waals surface area contributed by atoms with Gasteiger partial charge in [0.25, 0.3) is 0 Å². The van der Waals surface area contributed by atoms with E-state index in [0.717, 1.165) is 18.9 Å². The molecule has 1 aromatic rings. The minimum Gasteiger partial charge on any atom is -0.373 e. The molecule has 2 unspecified atom stereocenters. The Morgan fingerprint density at radius 2 is 2.00 bits per heavy atom. The molecule has 0 bridgehead atoms. The van der Waals surface area contributed by atoms with Gasteiger partial charge >= 0.3 is 0 Å². The molecule has 0 amide bonds. The third-order valence-electron chi connectivity index (χ3n) is 3.24. The van der Waals surface area contributed by atoms with E-state index in [1.54, 1.807) is 0 Å². The van der Waals surface area contributed by atoms with Crippen LogP contribution in [0.2, 0.25) is 0 Å². The predicted molar refractivity (Wildman–Crippen MR) is 60.0 cm³/mol. The fourth-order valence-corrected chi connectivity index (χ4v) is 2.40. The number of benzene rings is 1. The molecule has 94 valence electrons. The van der Waals surface area contributed by atoms with Crippen LogP contribution in [0.1, 0.15) is 31.4 Å². The highest BCUT2D eigenvalue weighted by Gasteiger charge is 2.39. The lowest BCUT2D eigenvalue weighted by Crippen LogP contribution is -2.44. The molecule has 1 heterocycles. The van der Waals surface area contributed by atoms with Gasteiger partial charge < -0.3 is 4.74 Å². The zero-order valence-electron chi connectivity index (χ0n) is 9.67. The Morgan fingerprint density at radius 3 is 2.47 bits per heavy atom. The number of rotatable bonds is 3. The fraction of sp³-hybridized carbons (Fsp3) is 0.500. The molecule has 1 aliphatic heterocycles. The highest BCUT2D eigenvalue weighted by Crippen LogP contribution is 2.37. The van der Waals surface area contributed by atoms with Crippen LogP contribution in [0.5, 0.6) is 0 Å².